The number of amidine groups is 1. The molecule has 2 aliphatic carbocycles. The van der Waals surface area contributed by atoms with Crippen LogP contribution in [0.2, 0.25) is 0 Å². The minimum Gasteiger partial charge on any atom is -0.453 e. The number of methoxy groups -OCH3 is 2. The van der Waals surface area contributed by atoms with Gasteiger partial charge in [-0.2, -0.15) is 0 Å². The Labute approximate surface area is 377 Å². The highest BCUT2D eigenvalue weighted by Gasteiger charge is 2.56. The highest BCUT2D eigenvalue weighted by Crippen LogP contribution is 2.58. The monoisotopic (exact) mass is 875 g/mol. The van der Waals surface area contributed by atoms with Gasteiger partial charge in [0.15, 0.2) is 5.70 Å². The number of nitrogens with two attached hydrogens (primary N) is 1. The molecular weight excluding hydrogens is 821 g/mol. The number of aromatic amines is 1. The number of hydrogen-bond donors (Lipinski definition) is 4. The fraction of sp³-hybridized carbons (Fsp3) is 0.373. The number of nitrogens with one attached hydrogen (secondary N) is 3. The van der Waals surface area contributed by atoms with E-state index in [-0.39, 0.29) is 41.3 Å². The SMILES string of the molecule is COC(=O)NC(C(=O)N1C2CCC(C2)C1C1=NC=C(c2ccc(-c3ccc4cc(-c5cnc([C@@H]6CC7(CC7)CN6C(=O)[C@@H](NC(=O)OC)C(C)C)[nH]5)ccc4c3)cc2)[NH2+]1)c1ccccc1. The Morgan fingerprint density at radius 2 is 1.49 bits per heavy atom. The summed E-state index contributed by atoms with van der Waals surface area (Å²) in [4.78, 5) is 70.0. The largest absolute Gasteiger partial charge is 0.453 e. The number of hydrogen-bond acceptors (Lipinski definition) is 8. The fourth-order valence-electron chi connectivity index (χ4n) is 10.7. The van der Waals surface area contributed by atoms with Crippen molar-refractivity contribution in [3.05, 3.63) is 120 Å². The number of aromatic nitrogens is 2. The second-order valence-corrected chi connectivity index (χ2v) is 18.8. The number of likely N-dealkylation sites (tertiary alicyclic amines) is 2. The molecule has 4 heterocycles. The van der Waals surface area contributed by atoms with Crippen LogP contribution in [-0.2, 0) is 19.1 Å². The third-order valence-electron chi connectivity index (χ3n) is 14.4. The van der Waals surface area contributed by atoms with E-state index in [1.54, 1.807) is 0 Å². The third kappa shape index (κ3) is 8.04. The van der Waals surface area contributed by atoms with E-state index < -0.39 is 24.3 Å². The topological polar surface area (TPSA) is 175 Å². The van der Waals surface area contributed by atoms with Gasteiger partial charge in [0, 0.05) is 23.7 Å². The molecule has 4 aromatic carbocycles. The maximum Gasteiger partial charge on any atom is 0.407 e. The number of nitrogens with zero attached hydrogens (tertiary/aromatic N) is 4. The maximum absolute atomic E-state index is 14.3. The van der Waals surface area contributed by atoms with Crippen molar-refractivity contribution in [3.8, 4) is 22.4 Å². The summed E-state index contributed by atoms with van der Waals surface area (Å²) in [6, 6.07) is 28.9. The number of ether oxygens (including phenoxy) is 2. The molecule has 4 amide bonds. The summed E-state index contributed by atoms with van der Waals surface area (Å²) in [6.07, 6.45) is 8.41. The Hall–Kier alpha value is -6.80. The van der Waals surface area contributed by atoms with Crippen LogP contribution in [-0.4, -0.2) is 88.5 Å². The number of rotatable bonds is 11. The quantitative estimate of drug-likeness (QED) is 0.110. The molecule has 6 atom stereocenters. The minimum atomic E-state index is -0.860. The van der Waals surface area contributed by atoms with Crippen molar-refractivity contribution >= 4 is 46.3 Å². The van der Waals surface area contributed by atoms with Crippen LogP contribution in [0.4, 0.5) is 9.59 Å². The molecular formula is C51H55N8O6+. The van der Waals surface area contributed by atoms with E-state index in [9.17, 15) is 19.2 Å². The van der Waals surface area contributed by atoms with Gasteiger partial charge < -0.3 is 34.9 Å². The average molecular weight is 876 g/mol. The Bertz CT molecular complexity index is 2730. The number of benzene rings is 4. The summed E-state index contributed by atoms with van der Waals surface area (Å²) in [5.74, 6) is 1.58. The van der Waals surface area contributed by atoms with E-state index in [2.05, 4.69) is 81.6 Å². The molecule has 65 heavy (non-hydrogen) atoms. The third-order valence-corrected chi connectivity index (χ3v) is 14.4. The second kappa shape index (κ2) is 17.0. The van der Waals surface area contributed by atoms with Crippen LogP contribution >= 0.6 is 0 Å². The smallest absolute Gasteiger partial charge is 0.407 e. The van der Waals surface area contributed by atoms with E-state index in [1.807, 2.05) is 66.4 Å². The van der Waals surface area contributed by atoms with Gasteiger partial charge in [-0.15, -0.1) is 0 Å². The molecule has 14 nitrogen and oxygen atoms in total. The fourth-order valence-corrected chi connectivity index (χ4v) is 10.7. The number of carbonyl (C=O) groups excluding carboxylic acids is 4. The molecule has 5 N–H and O–H groups in total. The first kappa shape index (κ1) is 42.2. The van der Waals surface area contributed by atoms with Crippen LogP contribution in [0.3, 0.4) is 0 Å². The van der Waals surface area contributed by atoms with Gasteiger partial charge >= 0.3 is 12.2 Å². The van der Waals surface area contributed by atoms with Crippen molar-refractivity contribution in [2.24, 2.45) is 22.2 Å². The Kier molecular flexibility index (Phi) is 11.0. The van der Waals surface area contributed by atoms with Crippen molar-refractivity contribution in [3.63, 3.8) is 0 Å². The number of H-pyrrole nitrogens is 1. The maximum atomic E-state index is 14.3. The molecule has 14 heteroatoms. The number of carbonyl (C=O) groups is 4. The predicted molar refractivity (Wildman–Crippen MR) is 246 cm³/mol. The number of imidazole rings is 1. The summed E-state index contributed by atoms with van der Waals surface area (Å²) in [5, 5.41) is 9.87. The van der Waals surface area contributed by atoms with Gasteiger partial charge in [-0.3, -0.25) is 14.9 Å². The molecule has 0 radical (unpaired) electrons. The molecule has 2 saturated heterocycles. The number of quaternary nitrogens is 1. The molecule has 5 aliphatic rings. The van der Waals surface area contributed by atoms with Gasteiger partial charge in [0.25, 0.3) is 5.91 Å². The zero-order chi connectivity index (χ0) is 45.0. The number of alkyl carbamates (subject to hydrolysis) is 2. The summed E-state index contributed by atoms with van der Waals surface area (Å²) < 4.78 is 9.74. The van der Waals surface area contributed by atoms with Crippen molar-refractivity contribution in [2.45, 2.75) is 82.6 Å². The normalized spacial score (nSPS) is 22.5. The molecule has 4 fully saturated rings. The van der Waals surface area contributed by atoms with Gasteiger partial charge in [-0.25, -0.2) is 19.6 Å². The highest BCUT2D eigenvalue weighted by atomic mass is 16.5. The Morgan fingerprint density at radius 1 is 0.815 bits per heavy atom. The number of piperidine rings is 1. The summed E-state index contributed by atoms with van der Waals surface area (Å²) in [7, 11) is 2.61. The van der Waals surface area contributed by atoms with E-state index in [1.165, 1.54) is 14.2 Å². The highest BCUT2D eigenvalue weighted by molar-refractivity contribution is 5.95. The molecule has 1 aromatic heterocycles. The Morgan fingerprint density at radius 3 is 2.20 bits per heavy atom. The van der Waals surface area contributed by atoms with Gasteiger partial charge in [0.1, 0.15) is 23.9 Å². The van der Waals surface area contributed by atoms with Crippen LogP contribution in [0.15, 0.2) is 108 Å². The molecule has 1 spiro atoms. The number of fused-ring (bicyclic) bond motifs is 3. The van der Waals surface area contributed by atoms with Gasteiger partial charge in [0.05, 0.1) is 38.4 Å². The molecule has 3 aliphatic heterocycles. The molecule has 5 aromatic rings. The summed E-state index contributed by atoms with van der Waals surface area (Å²) in [6.45, 7) is 4.51. The molecule has 2 saturated carbocycles. The standard InChI is InChI=1S/C51H54N8O6/c1-29(2)42(56-49(62)64-3)47(60)58-28-51(20-21-51)25-41(58)45-52-27-40(54-45)36-17-16-34-22-33(14-15-35(34)23-36)30-10-12-31(13-11-30)39-26-53-46(55-39)44-37-18-19-38(24-37)59(44)48(61)43(57-50(63)65-4)32-8-6-5-7-9-32/h5-17,22-23,26-27,29,37-38,41-44H,18-21,24-25,28H2,1-4H3,(H,52,54)(H,53,55)(H,56,62)(H,57,63)/p+1/t37?,38?,41-,42-,43?,44?/m0/s1. The number of amides is 4. The lowest BCUT2D eigenvalue weighted by atomic mass is 9.95. The average Bonchev–Trinajstić information content (AvgIpc) is 3.97. The number of aliphatic imine (C=N–C) groups is 1. The van der Waals surface area contributed by atoms with Crippen molar-refractivity contribution in [2.75, 3.05) is 20.8 Å². The van der Waals surface area contributed by atoms with E-state index >= 15 is 0 Å². The second-order valence-electron chi connectivity index (χ2n) is 18.8. The van der Waals surface area contributed by atoms with Gasteiger partial charge in [-0.05, 0) is 108 Å². The van der Waals surface area contributed by atoms with Crippen LogP contribution < -0.4 is 16.0 Å². The minimum absolute atomic E-state index is 0.0961. The van der Waals surface area contributed by atoms with Gasteiger partial charge in [-0.1, -0.05) is 80.6 Å². The van der Waals surface area contributed by atoms with Crippen LogP contribution in [0, 0.1) is 17.3 Å². The first-order valence-corrected chi connectivity index (χ1v) is 22.7. The van der Waals surface area contributed by atoms with Crippen LogP contribution in [0.5, 0.6) is 0 Å². The molecule has 10 rings (SSSR count). The van der Waals surface area contributed by atoms with Crippen LogP contribution in [0.1, 0.15) is 81.4 Å². The van der Waals surface area contributed by atoms with E-state index in [0.717, 1.165) is 94.6 Å². The van der Waals surface area contributed by atoms with E-state index in [4.69, 9.17) is 19.5 Å². The zero-order valence-corrected chi connectivity index (χ0v) is 37.1. The zero-order valence-electron chi connectivity index (χ0n) is 37.1. The van der Waals surface area contributed by atoms with Crippen molar-refractivity contribution in [1.29, 1.82) is 0 Å². The van der Waals surface area contributed by atoms with Crippen molar-refractivity contribution < 1.29 is 34.0 Å². The predicted octanol–water partition coefficient (Wildman–Crippen LogP) is 7.08. The van der Waals surface area contributed by atoms with Crippen molar-refractivity contribution in [1.82, 2.24) is 30.4 Å². The summed E-state index contributed by atoms with van der Waals surface area (Å²) >= 11 is 0. The lowest BCUT2D eigenvalue weighted by Gasteiger charge is -2.36. The lowest BCUT2D eigenvalue weighted by Crippen LogP contribution is -2.87. The first-order chi connectivity index (χ1) is 31.5. The molecule has 2 bridgehead atoms. The molecule has 4 unspecified atom stereocenters. The van der Waals surface area contributed by atoms with E-state index in [0.29, 0.717) is 18.0 Å². The molecule has 334 valence electrons. The first-order valence-electron chi connectivity index (χ1n) is 22.7. The Balaban J connectivity index is 0.813. The summed E-state index contributed by atoms with van der Waals surface area (Å²) in [5.41, 5.74) is 6.96. The lowest BCUT2D eigenvalue weighted by molar-refractivity contribution is -0.436. The van der Waals surface area contributed by atoms with Crippen LogP contribution in [0.25, 0.3) is 38.9 Å². The van der Waals surface area contributed by atoms with Gasteiger partial charge in [0.2, 0.25) is 11.7 Å².